The maximum Gasteiger partial charge on any atom is 0.170 e. The number of nitrogens with zero attached hydrogens (tertiary/aromatic N) is 2. The SMILES string of the molecule is Cc1c(Cl)cccc1N1CC(=O)[C@@H](C#N)C1. The molecule has 1 aromatic carbocycles. The summed E-state index contributed by atoms with van der Waals surface area (Å²) in [5, 5.41) is 9.49. The van der Waals surface area contributed by atoms with Crippen molar-refractivity contribution in [2.24, 2.45) is 5.92 Å². The zero-order chi connectivity index (χ0) is 11.7. The zero-order valence-corrected chi connectivity index (χ0v) is 9.66. The first-order chi connectivity index (χ1) is 7.63. The van der Waals surface area contributed by atoms with E-state index in [0.717, 1.165) is 11.3 Å². The standard InChI is InChI=1S/C12H11ClN2O/c1-8-10(13)3-2-4-11(8)15-6-9(5-14)12(16)7-15/h2-4,9H,6-7H2,1H3/t9-/m0/s1. The van der Waals surface area contributed by atoms with Crippen molar-refractivity contribution < 1.29 is 4.79 Å². The summed E-state index contributed by atoms with van der Waals surface area (Å²) in [7, 11) is 0. The lowest BCUT2D eigenvalue weighted by Gasteiger charge is -2.19. The molecule has 0 bridgehead atoms. The fourth-order valence-electron chi connectivity index (χ4n) is 1.92. The van der Waals surface area contributed by atoms with Crippen LogP contribution < -0.4 is 4.90 Å². The molecular formula is C12H11ClN2O. The van der Waals surface area contributed by atoms with Gasteiger partial charge in [-0.05, 0) is 24.6 Å². The largest absolute Gasteiger partial charge is 0.362 e. The Morgan fingerprint density at radius 2 is 2.31 bits per heavy atom. The lowest BCUT2D eigenvalue weighted by molar-refractivity contribution is -0.118. The van der Waals surface area contributed by atoms with E-state index in [-0.39, 0.29) is 5.78 Å². The highest BCUT2D eigenvalue weighted by Gasteiger charge is 2.31. The van der Waals surface area contributed by atoms with Crippen LogP contribution in [0.4, 0.5) is 5.69 Å². The molecule has 0 aliphatic carbocycles. The molecule has 0 N–H and O–H groups in total. The third kappa shape index (κ3) is 1.77. The summed E-state index contributed by atoms with van der Waals surface area (Å²) >= 11 is 6.02. The average Bonchev–Trinajstić information content (AvgIpc) is 2.63. The quantitative estimate of drug-likeness (QED) is 0.748. The van der Waals surface area contributed by atoms with Gasteiger partial charge in [-0.2, -0.15) is 5.26 Å². The molecular weight excluding hydrogens is 224 g/mol. The van der Waals surface area contributed by atoms with Crippen LogP contribution in [0.15, 0.2) is 18.2 Å². The molecule has 0 unspecified atom stereocenters. The minimum Gasteiger partial charge on any atom is -0.362 e. The highest BCUT2D eigenvalue weighted by molar-refractivity contribution is 6.31. The lowest BCUT2D eigenvalue weighted by atomic mass is 10.1. The van der Waals surface area contributed by atoms with E-state index < -0.39 is 5.92 Å². The van der Waals surface area contributed by atoms with Crippen LogP contribution in [-0.2, 0) is 4.79 Å². The molecule has 0 saturated carbocycles. The van der Waals surface area contributed by atoms with Crippen molar-refractivity contribution >= 4 is 23.1 Å². The van der Waals surface area contributed by atoms with Gasteiger partial charge in [0.05, 0.1) is 12.6 Å². The maximum atomic E-state index is 11.5. The van der Waals surface area contributed by atoms with Gasteiger partial charge in [-0.1, -0.05) is 17.7 Å². The molecule has 1 heterocycles. The molecule has 0 spiro atoms. The van der Waals surface area contributed by atoms with Gasteiger partial charge in [-0.15, -0.1) is 0 Å². The van der Waals surface area contributed by atoms with Crippen LogP contribution in [0.2, 0.25) is 5.02 Å². The van der Waals surface area contributed by atoms with E-state index in [9.17, 15) is 4.79 Å². The van der Waals surface area contributed by atoms with E-state index >= 15 is 0 Å². The summed E-state index contributed by atoms with van der Waals surface area (Å²) in [6, 6.07) is 7.62. The van der Waals surface area contributed by atoms with Crippen molar-refractivity contribution in [1.29, 1.82) is 5.26 Å². The molecule has 1 aromatic rings. The summed E-state index contributed by atoms with van der Waals surface area (Å²) in [5.41, 5.74) is 1.90. The minimum absolute atomic E-state index is 0.0122. The first kappa shape index (κ1) is 11.0. The molecule has 4 heteroatoms. The van der Waals surface area contributed by atoms with Crippen LogP contribution in [0.25, 0.3) is 0 Å². The Hall–Kier alpha value is -1.53. The second-order valence-corrected chi connectivity index (χ2v) is 4.32. The Labute approximate surface area is 99.2 Å². The number of carbonyl (C=O) groups is 1. The van der Waals surface area contributed by atoms with Crippen molar-refractivity contribution in [3.05, 3.63) is 28.8 Å². The summed E-state index contributed by atoms with van der Waals surface area (Å²) < 4.78 is 0. The van der Waals surface area contributed by atoms with Gasteiger partial charge in [-0.25, -0.2) is 0 Å². The van der Waals surface area contributed by atoms with Gasteiger partial charge in [0.15, 0.2) is 5.78 Å². The Balaban J connectivity index is 2.31. The number of hydrogen-bond donors (Lipinski definition) is 0. The topological polar surface area (TPSA) is 44.1 Å². The molecule has 0 aromatic heterocycles. The van der Waals surface area contributed by atoms with Gasteiger partial charge in [0.25, 0.3) is 0 Å². The molecule has 1 fully saturated rings. The Morgan fingerprint density at radius 3 is 2.94 bits per heavy atom. The van der Waals surface area contributed by atoms with Gasteiger partial charge in [0.2, 0.25) is 0 Å². The number of hydrogen-bond acceptors (Lipinski definition) is 3. The number of carbonyl (C=O) groups excluding carboxylic acids is 1. The monoisotopic (exact) mass is 234 g/mol. The summed E-state index contributed by atoms with van der Waals surface area (Å²) in [6.07, 6.45) is 0. The second kappa shape index (κ2) is 4.15. The molecule has 1 aliphatic rings. The van der Waals surface area contributed by atoms with E-state index in [1.807, 2.05) is 36.1 Å². The smallest absolute Gasteiger partial charge is 0.170 e. The van der Waals surface area contributed by atoms with Crippen LogP contribution in [0.5, 0.6) is 0 Å². The number of Topliss-reactive ketones (excluding diaryl/α,β-unsaturated/α-hetero) is 1. The van der Waals surface area contributed by atoms with Gasteiger partial charge < -0.3 is 4.90 Å². The molecule has 0 amide bonds. The number of anilines is 1. The molecule has 0 radical (unpaired) electrons. The number of rotatable bonds is 1. The fraction of sp³-hybridized carbons (Fsp3) is 0.333. The third-order valence-electron chi connectivity index (χ3n) is 2.87. The number of nitriles is 1. The summed E-state index contributed by atoms with van der Waals surface area (Å²) in [6.45, 7) is 2.69. The van der Waals surface area contributed by atoms with Crippen molar-refractivity contribution in [1.82, 2.24) is 0 Å². The van der Waals surface area contributed by atoms with Crippen molar-refractivity contribution in [3.63, 3.8) is 0 Å². The maximum absolute atomic E-state index is 11.5. The van der Waals surface area contributed by atoms with E-state index in [1.54, 1.807) is 0 Å². The van der Waals surface area contributed by atoms with Gasteiger partial charge in [0, 0.05) is 17.3 Å². The summed E-state index contributed by atoms with van der Waals surface area (Å²) in [4.78, 5) is 13.4. The predicted molar refractivity (Wildman–Crippen MR) is 62.5 cm³/mol. The van der Waals surface area contributed by atoms with Crippen LogP contribution in [-0.4, -0.2) is 18.9 Å². The zero-order valence-electron chi connectivity index (χ0n) is 8.90. The van der Waals surface area contributed by atoms with Gasteiger partial charge in [-0.3, -0.25) is 4.79 Å². The fourth-order valence-corrected chi connectivity index (χ4v) is 2.09. The highest BCUT2D eigenvalue weighted by Crippen LogP contribution is 2.29. The van der Waals surface area contributed by atoms with Crippen LogP contribution in [0.1, 0.15) is 5.56 Å². The second-order valence-electron chi connectivity index (χ2n) is 3.91. The molecule has 3 nitrogen and oxygen atoms in total. The van der Waals surface area contributed by atoms with Crippen molar-refractivity contribution in [2.75, 3.05) is 18.0 Å². The van der Waals surface area contributed by atoms with Gasteiger partial charge >= 0.3 is 0 Å². The van der Waals surface area contributed by atoms with Crippen LogP contribution >= 0.6 is 11.6 Å². The van der Waals surface area contributed by atoms with Crippen molar-refractivity contribution in [2.45, 2.75) is 6.92 Å². The van der Waals surface area contributed by atoms with Gasteiger partial charge in [0.1, 0.15) is 5.92 Å². The predicted octanol–water partition coefficient (Wildman–Crippen LogP) is 2.18. The molecule has 2 rings (SSSR count). The third-order valence-corrected chi connectivity index (χ3v) is 3.28. The van der Waals surface area contributed by atoms with Crippen LogP contribution in [0.3, 0.4) is 0 Å². The van der Waals surface area contributed by atoms with E-state index in [4.69, 9.17) is 16.9 Å². The lowest BCUT2D eigenvalue weighted by Crippen LogP contribution is -2.20. The Morgan fingerprint density at radius 1 is 1.56 bits per heavy atom. The molecule has 1 atom stereocenters. The van der Waals surface area contributed by atoms with E-state index in [2.05, 4.69) is 0 Å². The summed E-state index contributed by atoms with van der Waals surface area (Å²) in [5.74, 6) is -0.514. The number of halogens is 1. The number of benzene rings is 1. The first-order valence-corrected chi connectivity index (χ1v) is 5.43. The normalized spacial score (nSPS) is 19.9. The van der Waals surface area contributed by atoms with Crippen LogP contribution in [0, 0.1) is 24.2 Å². The Bertz CT molecular complexity index is 478. The van der Waals surface area contributed by atoms with E-state index in [0.29, 0.717) is 18.1 Å². The van der Waals surface area contributed by atoms with E-state index in [1.165, 1.54) is 0 Å². The molecule has 82 valence electrons. The molecule has 16 heavy (non-hydrogen) atoms. The Kier molecular flexibility index (Phi) is 2.84. The van der Waals surface area contributed by atoms with Crippen molar-refractivity contribution in [3.8, 4) is 6.07 Å². The molecule has 1 aliphatic heterocycles. The first-order valence-electron chi connectivity index (χ1n) is 5.06. The number of ketones is 1. The minimum atomic E-state index is -0.501. The molecule has 1 saturated heterocycles. The average molecular weight is 235 g/mol. The highest BCUT2D eigenvalue weighted by atomic mass is 35.5.